The molecule has 2 saturated heterocycles. The quantitative estimate of drug-likeness (QED) is 0.706. The van der Waals surface area contributed by atoms with Crippen LogP contribution in [0.4, 0.5) is 10.5 Å². The summed E-state index contributed by atoms with van der Waals surface area (Å²) in [4.78, 5) is 14.5. The van der Waals surface area contributed by atoms with Crippen molar-refractivity contribution in [1.82, 2.24) is 10.2 Å². The second-order valence-corrected chi connectivity index (χ2v) is 8.44. The number of nitrogens with one attached hydrogen (secondary N) is 2. The molecule has 0 unspecified atom stereocenters. The number of carbonyl (C=O) groups excluding carboxylic acids is 1. The van der Waals surface area contributed by atoms with Gasteiger partial charge in [-0.3, -0.25) is 0 Å². The van der Waals surface area contributed by atoms with Crippen molar-refractivity contribution >= 4 is 21.7 Å². The van der Waals surface area contributed by atoms with Crippen LogP contribution in [0, 0.1) is 0 Å². The Morgan fingerprint density at radius 2 is 1.88 bits per heavy atom. The van der Waals surface area contributed by atoms with Gasteiger partial charge in [-0.2, -0.15) is 0 Å². The number of carbonyl (C=O) groups is 1. The van der Waals surface area contributed by atoms with Gasteiger partial charge in [0, 0.05) is 38.0 Å². The second-order valence-electron chi connectivity index (χ2n) is 6.88. The van der Waals surface area contributed by atoms with Crippen molar-refractivity contribution < 1.29 is 17.9 Å². The van der Waals surface area contributed by atoms with E-state index in [1.165, 1.54) is 24.3 Å². The number of sulfonamides is 1. The van der Waals surface area contributed by atoms with Gasteiger partial charge < -0.3 is 20.3 Å². The predicted molar refractivity (Wildman–Crippen MR) is 98.4 cm³/mol. The first-order chi connectivity index (χ1) is 12.4. The van der Waals surface area contributed by atoms with Gasteiger partial charge in [-0.1, -0.05) is 0 Å². The highest BCUT2D eigenvalue weighted by Gasteiger charge is 2.24. The van der Waals surface area contributed by atoms with E-state index in [4.69, 9.17) is 9.88 Å². The van der Waals surface area contributed by atoms with E-state index in [0.29, 0.717) is 11.8 Å². The van der Waals surface area contributed by atoms with Gasteiger partial charge >= 0.3 is 6.03 Å². The molecule has 9 heteroatoms. The number of urea groups is 1. The summed E-state index contributed by atoms with van der Waals surface area (Å²) in [6.07, 6.45) is 4.48. The van der Waals surface area contributed by atoms with Crippen molar-refractivity contribution in [2.24, 2.45) is 5.14 Å². The number of hydrogen-bond donors (Lipinski definition) is 3. The molecule has 0 bridgehead atoms. The molecule has 3 rings (SSSR count). The highest BCUT2D eigenvalue weighted by atomic mass is 32.2. The van der Waals surface area contributed by atoms with Crippen LogP contribution in [0.1, 0.15) is 25.7 Å². The Labute approximate surface area is 154 Å². The van der Waals surface area contributed by atoms with Crippen molar-refractivity contribution in [1.29, 1.82) is 0 Å². The molecule has 2 aliphatic rings. The van der Waals surface area contributed by atoms with Crippen LogP contribution in [-0.2, 0) is 14.8 Å². The fourth-order valence-electron chi connectivity index (χ4n) is 3.42. The average Bonchev–Trinajstić information content (AvgIpc) is 3.09. The Hall–Kier alpha value is -1.68. The maximum absolute atomic E-state index is 12.1. The molecule has 0 saturated carbocycles. The predicted octanol–water partition coefficient (Wildman–Crippen LogP) is 1.10. The fourth-order valence-corrected chi connectivity index (χ4v) is 3.93. The number of primary sulfonamides is 1. The van der Waals surface area contributed by atoms with E-state index in [0.717, 1.165) is 51.9 Å². The first kappa shape index (κ1) is 19.1. The van der Waals surface area contributed by atoms with Gasteiger partial charge in [0.15, 0.2) is 0 Å². The normalized spacial score (nSPS) is 22.3. The summed E-state index contributed by atoms with van der Waals surface area (Å²) in [6.45, 7) is 3.76. The molecule has 1 aromatic rings. The first-order valence-electron chi connectivity index (χ1n) is 8.94. The van der Waals surface area contributed by atoms with Gasteiger partial charge in [-0.05, 0) is 49.9 Å². The monoisotopic (exact) mass is 382 g/mol. The van der Waals surface area contributed by atoms with Gasteiger partial charge in [0.2, 0.25) is 10.0 Å². The Balaban J connectivity index is 1.41. The summed E-state index contributed by atoms with van der Waals surface area (Å²) in [6, 6.07) is 5.63. The summed E-state index contributed by atoms with van der Waals surface area (Å²) in [7, 11) is -3.73. The van der Waals surface area contributed by atoms with Crippen LogP contribution in [0.5, 0.6) is 0 Å². The summed E-state index contributed by atoms with van der Waals surface area (Å²) in [5.74, 6) is 0. The number of piperidine rings is 1. The lowest BCUT2D eigenvalue weighted by Crippen LogP contribution is -2.47. The molecule has 0 aliphatic carbocycles. The van der Waals surface area contributed by atoms with Crippen molar-refractivity contribution in [3.63, 3.8) is 0 Å². The summed E-state index contributed by atoms with van der Waals surface area (Å²) >= 11 is 0. The minimum absolute atomic E-state index is 0.0158. The number of ether oxygens (including phenoxy) is 1. The van der Waals surface area contributed by atoms with E-state index >= 15 is 0 Å². The molecule has 1 aromatic carbocycles. The van der Waals surface area contributed by atoms with Crippen LogP contribution in [0.3, 0.4) is 0 Å². The van der Waals surface area contributed by atoms with Crippen molar-refractivity contribution in [2.75, 3.05) is 31.6 Å². The minimum Gasteiger partial charge on any atom is -0.377 e. The third kappa shape index (κ3) is 5.41. The lowest BCUT2D eigenvalue weighted by atomic mass is 10.0. The highest BCUT2D eigenvalue weighted by molar-refractivity contribution is 7.89. The van der Waals surface area contributed by atoms with Crippen molar-refractivity contribution in [2.45, 2.75) is 42.7 Å². The number of nitrogens with zero attached hydrogens (tertiary/aromatic N) is 1. The zero-order valence-corrected chi connectivity index (χ0v) is 15.5. The SMILES string of the molecule is NS(=O)(=O)c1ccc(NC(=O)NC2CCN(C[C@@H]3CCCO3)CC2)cc1. The van der Waals surface area contributed by atoms with Gasteiger partial charge in [0.25, 0.3) is 0 Å². The topological polar surface area (TPSA) is 114 Å². The Morgan fingerprint density at radius 1 is 1.19 bits per heavy atom. The van der Waals surface area contributed by atoms with Crippen LogP contribution in [0.25, 0.3) is 0 Å². The lowest BCUT2D eigenvalue weighted by Gasteiger charge is -2.33. The lowest BCUT2D eigenvalue weighted by molar-refractivity contribution is 0.0633. The first-order valence-corrected chi connectivity index (χ1v) is 10.5. The van der Waals surface area contributed by atoms with Crippen LogP contribution >= 0.6 is 0 Å². The molecule has 0 spiro atoms. The van der Waals surface area contributed by atoms with E-state index < -0.39 is 10.0 Å². The zero-order chi connectivity index (χ0) is 18.6. The number of rotatable bonds is 5. The fraction of sp³-hybridized carbons (Fsp3) is 0.588. The molecule has 2 heterocycles. The molecule has 1 atom stereocenters. The summed E-state index contributed by atoms with van der Waals surface area (Å²) in [5.41, 5.74) is 0.519. The molecular weight excluding hydrogens is 356 g/mol. The number of hydrogen-bond acceptors (Lipinski definition) is 5. The number of amides is 2. The molecule has 26 heavy (non-hydrogen) atoms. The van der Waals surface area contributed by atoms with E-state index in [2.05, 4.69) is 15.5 Å². The van der Waals surface area contributed by atoms with Gasteiger partial charge in [-0.15, -0.1) is 0 Å². The molecule has 2 amide bonds. The van der Waals surface area contributed by atoms with E-state index in [1.807, 2.05) is 0 Å². The Morgan fingerprint density at radius 3 is 2.46 bits per heavy atom. The van der Waals surface area contributed by atoms with Gasteiger partial charge in [0.05, 0.1) is 11.0 Å². The number of anilines is 1. The molecule has 4 N–H and O–H groups in total. The summed E-state index contributed by atoms with van der Waals surface area (Å²) < 4.78 is 28.1. The largest absolute Gasteiger partial charge is 0.377 e. The molecule has 0 aromatic heterocycles. The smallest absolute Gasteiger partial charge is 0.319 e. The molecule has 8 nitrogen and oxygen atoms in total. The summed E-state index contributed by atoms with van der Waals surface area (Å²) in [5, 5.41) is 10.7. The molecule has 0 radical (unpaired) electrons. The standard InChI is InChI=1S/C17H26N4O4S/c18-26(23,24)16-5-3-13(4-6-16)19-17(22)20-14-7-9-21(10-8-14)12-15-2-1-11-25-15/h3-6,14-15H,1-2,7-12H2,(H2,18,23,24)(H2,19,20,22)/t15-/m0/s1. The zero-order valence-electron chi connectivity index (χ0n) is 14.7. The van der Waals surface area contributed by atoms with Crippen LogP contribution < -0.4 is 15.8 Å². The highest BCUT2D eigenvalue weighted by Crippen LogP contribution is 2.17. The molecular formula is C17H26N4O4S. The average molecular weight is 382 g/mol. The number of likely N-dealkylation sites (tertiary alicyclic amines) is 1. The number of nitrogens with two attached hydrogens (primary N) is 1. The minimum atomic E-state index is -3.73. The maximum Gasteiger partial charge on any atom is 0.319 e. The molecule has 2 fully saturated rings. The molecule has 144 valence electrons. The van der Waals surface area contributed by atoms with Crippen LogP contribution in [-0.4, -0.2) is 57.7 Å². The Bertz CT molecular complexity index is 709. The second kappa shape index (κ2) is 8.34. The Kier molecular flexibility index (Phi) is 6.13. The third-order valence-electron chi connectivity index (χ3n) is 4.85. The van der Waals surface area contributed by atoms with Crippen molar-refractivity contribution in [3.8, 4) is 0 Å². The van der Waals surface area contributed by atoms with Crippen LogP contribution in [0.15, 0.2) is 29.2 Å². The molecule has 2 aliphatic heterocycles. The van der Waals surface area contributed by atoms with Gasteiger partial charge in [0.1, 0.15) is 0 Å². The van der Waals surface area contributed by atoms with E-state index in [1.54, 1.807) is 0 Å². The van der Waals surface area contributed by atoms with Gasteiger partial charge in [-0.25, -0.2) is 18.4 Å². The van der Waals surface area contributed by atoms with E-state index in [9.17, 15) is 13.2 Å². The third-order valence-corrected chi connectivity index (χ3v) is 5.78. The van der Waals surface area contributed by atoms with Crippen LogP contribution in [0.2, 0.25) is 0 Å². The number of benzene rings is 1. The van der Waals surface area contributed by atoms with E-state index in [-0.39, 0.29) is 17.0 Å². The maximum atomic E-state index is 12.1. The van der Waals surface area contributed by atoms with Crippen molar-refractivity contribution in [3.05, 3.63) is 24.3 Å².